The third-order valence-corrected chi connectivity index (χ3v) is 9.11. The Balaban J connectivity index is 1.63. The molecule has 1 aliphatic rings. The van der Waals surface area contributed by atoms with Gasteiger partial charge >= 0.3 is 0 Å². The molecule has 1 atom stereocenters. The summed E-state index contributed by atoms with van der Waals surface area (Å²) >= 11 is 13.7. The van der Waals surface area contributed by atoms with Gasteiger partial charge in [0.15, 0.2) is 20.8 Å². The van der Waals surface area contributed by atoms with Gasteiger partial charge in [0.2, 0.25) is 5.91 Å². The Morgan fingerprint density at radius 2 is 1.91 bits per heavy atom. The maximum atomic E-state index is 13.0. The van der Waals surface area contributed by atoms with E-state index < -0.39 is 9.84 Å². The maximum Gasteiger partial charge on any atom is 0.233 e. The molecule has 11 heteroatoms. The predicted molar refractivity (Wildman–Crippen MR) is 137 cm³/mol. The van der Waals surface area contributed by atoms with Crippen molar-refractivity contribution in [3.63, 3.8) is 0 Å². The SMILES string of the molecule is CCN(C(=O)CSc1nnc(-c2ccc(Cl)cc2)n1-c1ccc(C)c(Cl)c1)C1CCS(=O)(=O)C1. The molecule has 2 heterocycles. The van der Waals surface area contributed by atoms with Gasteiger partial charge in [-0.15, -0.1) is 10.2 Å². The Kier molecular flexibility index (Phi) is 7.57. The van der Waals surface area contributed by atoms with Gasteiger partial charge in [-0.05, 0) is 62.2 Å². The molecule has 34 heavy (non-hydrogen) atoms. The Morgan fingerprint density at radius 1 is 1.18 bits per heavy atom. The molecule has 1 saturated heterocycles. The largest absolute Gasteiger partial charge is 0.338 e. The first-order valence-electron chi connectivity index (χ1n) is 10.8. The van der Waals surface area contributed by atoms with E-state index in [-0.39, 0.29) is 29.2 Å². The fraction of sp³-hybridized carbons (Fsp3) is 0.348. The maximum absolute atomic E-state index is 13.0. The number of thioether (sulfide) groups is 1. The van der Waals surface area contributed by atoms with E-state index in [4.69, 9.17) is 23.2 Å². The molecule has 180 valence electrons. The molecular formula is C23H24Cl2N4O3S2. The number of halogens is 2. The van der Waals surface area contributed by atoms with E-state index in [2.05, 4.69) is 10.2 Å². The molecule has 1 aliphatic heterocycles. The summed E-state index contributed by atoms with van der Waals surface area (Å²) in [6.07, 6.45) is 0.478. The van der Waals surface area contributed by atoms with Crippen LogP contribution in [0.1, 0.15) is 18.9 Å². The first kappa shape index (κ1) is 25.0. The minimum Gasteiger partial charge on any atom is -0.338 e. The highest BCUT2D eigenvalue weighted by Crippen LogP contribution is 2.31. The van der Waals surface area contributed by atoms with E-state index in [0.717, 1.165) is 16.8 Å². The summed E-state index contributed by atoms with van der Waals surface area (Å²) in [4.78, 5) is 14.7. The molecule has 7 nitrogen and oxygen atoms in total. The smallest absolute Gasteiger partial charge is 0.233 e. The van der Waals surface area contributed by atoms with Crippen LogP contribution in [0, 0.1) is 6.92 Å². The van der Waals surface area contributed by atoms with E-state index in [1.54, 1.807) is 17.0 Å². The highest BCUT2D eigenvalue weighted by Gasteiger charge is 2.34. The van der Waals surface area contributed by atoms with Gasteiger partial charge in [-0.25, -0.2) is 8.42 Å². The van der Waals surface area contributed by atoms with E-state index >= 15 is 0 Å². The minimum atomic E-state index is -3.08. The van der Waals surface area contributed by atoms with Gasteiger partial charge in [-0.2, -0.15) is 0 Å². The van der Waals surface area contributed by atoms with Gasteiger partial charge in [0.25, 0.3) is 0 Å². The molecule has 0 aliphatic carbocycles. The first-order valence-corrected chi connectivity index (χ1v) is 14.4. The summed E-state index contributed by atoms with van der Waals surface area (Å²) in [6.45, 7) is 4.24. The summed E-state index contributed by atoms with van der Waals surface area (Å²) in [5.74, 6) is 0.736. The van der Waals surface area contributed by atoms with Gasteiger partial charge in [0.05, 0.1) is 22.9 Å². The molecule has 0 radical (unpaired) electrons. The second-order valence-electron chi connectivity index (χ2n) is 8.11. The molecule has 3 aromatic rings. The molecule has 4 rings (SSSR count). The lowest BCUT2D eigenvalue weighted by Crippen LogP contribution is -2.42. The molecule has 0 N–H and O–H groups in total. The number of aryl methyl sites for hydroxylation is 1. The highest BCUT2D eigenvalue weighted by atomic mass is 35.5. The van der Waals surface area contributed by atoms with Crippen molar-refractivity contribution in [2.24, 2.45) is 0 Å². The minimum absolute atomic E-state index is 0.0238. The zero-order chi connectivity index (χ0) is 24.5. The molecule has 1 aromatic heterocycles. The van der Waals surface area contributed by atoms with Gasteiger partial charge in [0, 0.05) is 28.2 Å². The highest BCUT2D eigenvalue weighted by molar-refractivity contribution is 7.99. The fourth-order valence-corrected chi connectivity index (χ4v) is 6.84. The van der Waals surface area contributed by atoms with E-state index in [1.165, 1.54) is 11.8 Å². The van der Waals surface area contributed by atoms with Crippen molar-refractivity contribution >= 4 is 50.7 Å². The number of sulfone groups is 1. The van der Waals surface area contributed by atoms with Crippen molar-refractivity contribution in [2.75, 3.05) is 23.8 Å². The van der Waals surface area contributed by atoms with Crippen LogP contribution in [-0.2, 0) is 14.6 Å². The second kappa shape index (κ2) is 10.3. The zero-order valence-corrected chi connectivity index (χ0v) is 21.9. The van der Waals surface area contributed by atoms with E-state index in [9.17, 15) is 13.2 Å². The Bertz CT molecular complexity index is 1310. The molecule has 2 aromatic carbocycles. The molecular weight excluding hydrogens is 515 g/mol. The second-order valence-corrected chi connectivity index (χ2v) is 12.1. The van der Waals surface area contributed by atoms with E-state index in [1.807, 2.05) is 48.7 Å². The topological polar surface area (TPSA) is 85.2 Å². The molecule has 0 spiro atoms. The normalized spacial score (nSPS) is 17.1. The molecule has 1 amide bonds. The molecule has 1 unspecified atom stereocenters. The molecule has 0 saturated carbocycles. The number of carbonyl (C=O) groups excluding carboxylic acids is 1. The van der Waals surface area contributed by atoms with Gasteiger partial charge in [-0.1, -0.05) is 41.0 Å². The monoisotopic (exact) mass is 538 g/mol. The number of aromatic nitrogens is 3. The van der Waals surface area contributed by atoms with Crippen molar-refractivity contribution in [3.05, 3.63) is 58.1 Å². The summed E-state index contributed by atoms with van der Waals surface area (Å²) in [6, 6.07) is 12.7. The van der Waals surface area contributed by atoms with Gasteiger partial charge in [0.1, 0.15) is 0 Å². The van der Waals surface area contributed by atoms with Crippen LogP contribution in [0.15, 0.2) is 47.6 Å². The number of amides is 1. The fourth-order valence-electron chi connectivity index (χ4n) is 3.97. The number of benzene rings is 2. The average Bonchev–Trinajstić information content (AvgIpc) is 3.38. The van der Waals surface area contributed by atoms with Crippen molar-refractivity contribution in [3.8, 4) is 17.1 Å². The summed E-state index contributed by atoms with van der Waals surface area (Å²) < 4.78 is 25.6. The lowest BCUT2D eigenvalue weighted by Gasteiger charge is -2.26. The first-order chi connectivity index (χ1) is 16.2. The zero-order valence-electron chi connectivity index (χ0n) is 18.7. The third-order valence-electron chi connectivity index (χ3n) is 5.78. The van der Waals surface area contributed by atoms with Crippen molar-refractivity contribution in [2.45, 2.75) is 31.5 Å². The van der Waals surface area contributed by atoms with Crippen molar-refractivity contribution in [1.29, 1.82) is 0 Å². The quantitative estimate of drug-likeness (QED) is 0.406. The number of hydrogen-bond acceptors (Lipinski definition) is 6. The number of rotatable bonds is 7. The Labute approximate surface area is 213 Å². The number of hydrogen-bond donors (Lipinski definition) is 0. The van der Waals surface area contributed by atoms with Crippen LogP contribution in [0.2, 0.25) is 10.0 Å². The molecule has 1 fully saturated rings. The molecule has 0 bridgehead atoms. The van der Waals surface area contributed by atoms with Crippen molar-refractivity contribution in [1.82, 2.24) is 19.7 Å². The standard InChI is InChI=1S/C23H24Cl2N4O3S2/c1-3-28(19-10-11-34(31,32)14-19)21(30)13-33-23-27-26-22(16-5-7-17(24)8-6-16)29(23)18-9-4-15(2)20(25)12-18/h4-9,12,19H,3,10-11,13-14H2,1-2H3. The number of carbonyl (C=O) groups is 1. The van der Waals surface area contributed by atoms with Crippen LogP contribution in [0.3, 0.4) is 0 Å². The Hall–Kier alpha value is -2.07. The Morgan fingerprint density at radius 3 is 2.53 bits per heavy atom. The van der Waals surface area contributed by atoms with Crippen LogP contribution >= 0.6 is 35.0 Å². The summed E-state index contributed by atoms with van der Waals surface area (Å²) in [5.41, 5.74) is 2.54. The third kappa shape index (κ3) is 5.43. The van der Waals surface area contributed by atoms with Crippen LogP contribution in [-0.4, -0.2) is 63.8 Å². The van der Waals surface area contributed by atoms with Crippen LogP contribution in [0.25, 0.3) is 17.1 Å². The van der Waals surface area contributed by atoms with Crippen LogP contribution < -0.4 is 0 Å². The summed E-state index contributed by atoms with van der Waals surface area (Å²) in [7, 11) is -3.08. The van der Waals surface area contributed by atoms with E-state index in [0.29, 0.717) is 34.0 Å². The predicted octanol–water partition coefficient (Wildman–Crippen LogP) is 4.68. The average molecular weight is 540 g/mol. The summed E-state index contributed by atoms with van der Waals surface area (Å²) in [5, 5.41) is 10.5. The number of nitrogens with zero attached hydrogens (tertiary/aromatic N) is 4. The van der Waals surface area contributed by atoms with Crippen molar-refractivity contribution < 1.29 is 13.2 Å². The van der Waals surface area contributed by atoms with Crippen LogP contribution in [0.4, 0.5) is 0 Å². The van der Waals surface area contributed by atoms with Gasteiger partial charge < -0.3 is 4.90 Å². The van der Waals surface area contributed by atoms with Crippen LogP contribution in [0.5, 0.6) is 0 Å². The van der Waals surface area contributed by atoms with Gasteiger partial charge in [-0.3, -0.25) is 9.36 Å². The lowest BCUT2D eigenvalue weighted by atomic mass is 10.2. The lowest BCUT2D eigenvalue weighted by molar-refractivity contribution is -0.129.